The summed E-state index contributed by atoms with van der Waals surface area (Å²) in [5.74, 6) is 1.16. The molecule has 2 heterocycles. The number of hydrogen-bond acceptors (Lipinski definition) is 2. The highest BCUT2D eigenvalue weighted by molar-refractivity contribution is 5.97. The van der Waals surface area contributed by atoms with Crippen LogP contribution in [-0.2, 0) is 13.0 Å². The van der Waals surface area contributed by atoms with E-state index in [2.05, 4.69) is 14.9 Å². The monoisotopic (exact) mass is 243 g/mol. The van der Waals surface area contributed by atoms with Crippen LogP contribution in [-0.4, -0.2) is 22.0 Å². The first kappa shape index (κ1) is 11.3. The minimum absolute atomic E-state index is 0.00676. The van der Waals surface area contributed by atoms with Gasteiger partial charge in [0.15, 0.2) is 0 Å². The largest absolute Gasteiger partial charge is 0.352 e. The van der Waals surface area contributed by atoms with Crippen molar-refractivity contribution in [2.24, 2.45) is 0 Å². The molecule has 1 aliphatic heterocycles. The molecule has 0 atom stereocenters. The van der Waals surface area contributed by atoms with Crippen molar-refractivity contribution in [1.82, 2.24) is 14.9 Å². The van der Waals surface area contributed by atoms with Crippen molar-refractivity contribution in [1.29, 1.82) is 0 Å². The van der Waals surface area contributed by atoms with Gasteiger partial charge in [-0.05, 0) is 31.0 Å². The van der Waals surface area contributed by atoms with E-state index in [1.165, 1.54) is 0 Å². The van der Waals surface area contributed by atoms with E-state index in [9.17, 15) is 4.79 Å². The van der Waals surface area contributed by atoms with E-state index in [1.54, 1.807) is 0 Å². The van der Waals surface area contributed by atoms with Crippen LogP contribution in [0.25, 0.3) is 11.0 Å². The summed E-state index contributed by atoms with van der Waals surface area (Å²) in [5, 5.41) is 2.90. The summed E-state index contributed by atoms with van der Waals surface area (Å²) in [7, 11) is 0. The van der Waals surface area contributed by atoms with Crippen molar-refractivity contribution in [3.63, 3.8) is 0 Å². The Balaban J connectivity index is 1.97. The zero-order valence-corrected chi connectivity index (χ0v) is 10.6. The summed E-state index contributed by atoms with van der Waals surface area (Å²) in [6.07, 6.45) is 3.16. The lowest BCUT2D eigenvalue weighted by molar-refractivity contribution is 0.0954. The molecule has 2 aromatic rings. The number of imidazole rings is 1. The molecule has 1 aromatic carbocycles. The molecule has 4 nitrogen and oxygen atoms in total. The smallest absolute Gasteiger partial charge is 0.251 e. The van der Waals surface area contributed by atoms with Crippen molar-refractivity contribution in [3.8, 4) is 0 Å². The van der Waals surface area contributed by atoms with Gasteiger partial charge in [-0.3, -0.25) is 4.79 Å². The number of rotatable bonds is 3. The van der Waals surface area contributed by atoms with Crippen LogP contribution >= 0.6 is 0 Å². The molecule has 18 heavy (non-hydrogen) atoms. The van der Waals surface area contributed by atoms with Crippen LogP contribution in [0.1, 0.15) is 35.9 Å². The fraction of sp³-hybridized carbons (Fsp3) is 0.429. The molecule has 0 unspecified atom stereocenters. The van der Waals surface area contributed by atoms with Crippen LogP contribution < -0.4 is 5.32 Å². The lowest BCUT2D eigenvalue weighted by Crippen LogP contribution is -2.23. The number of amides is 1. The van der Waals surface area contributed by atoms with Crippen molar-refractivity contribution in [2.45, 2.75) is 32.7 Å². The maximum atomic E-state index is 11.9. The fourth-order valence-corrected chi connectivity index (χ4v) is 2.49. The molecule has 1 aromatic heterocycles. The first-order valence-corrected chi connectivity index (χ1v) is 6.57. The number of carbonyl (C=O) groups is 1. The first-order valence-electron chi connectivity index (χ1n) is 6.57. The average molecular weight is 243 g/mol. The maximum Gasteiger partial charge on any atom is 0.251 e. The number of carbonyl (C=O) groups excluding carboxylic acids is 1. The SMILES string of the molecule is CCCNC(=O)c1ccc2nc3n(c2c1)CCC3. The van der Waals surface area contributed by atoms with Gasteiger partial charge in [0.25, 0.3) is 5.91 Å². The predicted molar refractivity (Wildman–Crippen MR) is 70.7 cm³/mol. The van der Waals surface area contributed by atoms with E-state index in [-0.39, 0.29) is 5.91 Å². The molecule has 1 N–H and O–H groups in total. The maximum absolute atomic E-state index is 11.9. The molecule has 4 heteroatoms. The van der Waals surface area contributed by atoms with Gasteiger partial charge >= 0.3 is 0 Å². The van der Waals surface area contributed by atoms with Crippen LogP contribution in [0.2, 0.25) is 0 Å². The Kier molecular flexibility index (Phi) is 2.78. The second kappa shape index (κ2) is 4.44. The van der Waals surface area contributed by atoms with Crippen LogP contribution in [0.3, 0.4) is 0 Å². The topological polar surface area (TPSA) is 46.9 Å². The molecule has 0 saturated heterocycles. The minimum atomic E-state index is 0.00676. The quantitative estimate of drug-likeness (QED) is 0.897. The molecule has 1 aliphatic rings. The molecule has 0 radical (unpaired) electrons. The lowest BCUT2D eigenvalue weighted by atomic mass is 10.2. The van der Waals surface area contributed by atoms with Gasteiger partial charge in [0, 0.05) is 25.1 Å². The Morgan fingerprint density at radius 2 is 2.39 bits per heavy atom. The van der Waals surface area contributed by atoms with Crippen LogP contribution in [0.5, 0.6) is 0 Å². The van der Waals surface area contributed by atoms with E-state index in [0.717, 1.165) is 54.8 Å². The Hall–Kier alpha value is -1.84. The third-order valence-electron chi connectivity index (χ3n) is 3.41. The number of hydrogen-bond donors (Lipinski definition) is 1. The molecular weight excluding hydrogens is 226 g/mol. The lowest BCUT2D eigenvalue weighted by Gasteiger charge is -2.04. The summed E-state index contributed by atoms with van der Waals surface area (Å²) >= 11 is 0. The third-order valence-corrected chi connectivity index (χ3v) is 3.41. The highest BCUT2D eigenvalue weighted by Gasteiger charge is 2.17. The molecule has 0 bridgehead atoms. The van der Waals surface area contributed by atoms with Crippen LogP contribution in [0.15, 0.2) is 18.2 Å². The van der Waals surface area contributed by atoms with E-state index in [0.29, 0.717) is 0 Å². The van der Waals surface area contributed by atoms with Gasteiger partial charge in [-0.1, -0.05) is 6.92 Å². The predicted octanol–water partition coefficient (Wildman–Crippen LogP) is 2.12. The molecule has 0 aliphatic carbocycles. The van der Waals surface area contributed by atoms with E-state index < -0.39 is 0 Å². The van der Waals surface area contributed by atoms with Crippen molar-refractivity contribution >= 4 is 16.9 Å². The van der Waals surface area contributed by atoms with Crippen molar-refractivity contribution < 1.29 is 4.79 Å². The van der Waals surface area contributed by atoms with Gasteiger partial charge in [0.1, 0.15) is 5.82 Å². The molecule has 94 valence electrons. The van der Waals surface area contributed by atoms with Crippen LogP contribution in [0, 0.1) is 0 Å². The second-order valence-corrected chi connectivity index (χ2v) is 4.74. The summed E-state index contributed by atoms with van der Waals surface area (Å²) in [4.78, 5) is 16.5. The molecule has 0 saturated carbocycles. The Morgan fingerprint density at radius 3 is 3.22 bits per heavy atom. The van der Waals surface area contributed by atoms with E-state index in [1.807, 2.05) is 25.1 Å². The van der Waals surface area contributed by atoms with Gasteiger partial charge in [-0.2, -0.15) is 0 Å². The van der Waals surface area contributed by atoms with Crippen molar-refractivity contribution in [3.05, 3.63) is 29.6 Å². The Morgan fingerprint density at radius 1 is 1.50 bits per heavy atom. The minimum Gasteiger partial charge on any atom is -0.352 e. The number of benzene rings is 1. The number of nitrogens with one attached hydrogen (secondary N) is 1. The Bertz CT molecular complexity index is 600. The summed E-state index contributed by atoms with van der Waals surface area (Å²) < 4.78 is 2.23. The standard InChI is InChI=1S/C14H17N3O/c1-2-7-15-14(18)10-5-6-11-12(9-10)17-8-3-4-13(17)16-11/h5-6,9H,2-4,7-8H2,1H3,(H,15,18). The zero-order valence-electron chi connectivity index (χ0n) is 10.6. The molecule has 1 amide bonds. The van der Waals surface area contributed by atoms with Gasteiger partial charge in [-0.15, -0.1) is 0 Å². The second-order valence-electron chi connectivity index (χ2n) is 4.74. The highest BCUT2D eigenvalue weighted by atomic mass is 16.1. The normalized spacial score (nSPS) is 13.8. The number of nitrogens with zero attached hydrogens (tertiary/aromatic N) is 2. The first-order chi connectivity index (χ1) is 8.79. The van der Waals surface area contributed by atoms with Gasteiger partial charge in [0.2, 0.25) is 0 Å². The van der Waals surface area contributed by atoms with E-state index in [4.69, 9.17) is 0 Å². The fourth-order valence-electron chi connectivity index (χ4n) is 2.49. The number of aryl methyl sites for hydroxylation is 2. The summed E-state index contributed by atoms with van der Waals surface area (Å²) in [6, 6.07) is 5.76. The average Bonchev–Trinajstić information content (AvgIpc) is 2.95. The van der Waals surface area contributed by atoms with Gasteiger partial charge in [-0.25, -0.2) is 4.98 Å². The number of aromatic nitrogens is 2. The van der Waals surface area contributed by atoms with Gasteiger partial charge < -0.3 is 9.88 Å². The molecule has 0 fully saturated rings. The molecule has 0 spiro atoms. The third kappa shape index (κ3) is 1.78. The van der Waals surface area contributed by atoms with E-state index >= 15 is 0 Å². The van der Waals surface area contributed by atoms with Gasteiger partial charge in [0.05, 0.1) is 11.0 Å². The summed E-state index contributed by atoms with van der Waals surface area (Å²) in [6.45, 7) is 3.79. The number of fused-ring (bicyclic) bond motifs is 3. The Labute approximate surface area is 106 Å². The highest BCUT2D eigenvalue weighted by Crippen LogP contribution is 2.23. The molecule has 3 rings (SSSR count). The van der Waals surface area contributed by atoms with Crippen LogP contribution in [0.4, 0.5) is 0 Å². The summed E-state index contributed by atoms with van der Waals surface area (Å²) in [5.41, 5.74) is 2.81. The van der Waals surface area contributed by atoms with Crippen molar-refractivity contribution in [2.75, 3.05) is 6.54 Å². The molecular formula is C14H17N3O. The zero-order chi connectivity index (χ0) is 12.5.